The minimum absolute atomic E-state index is 0.00791. The van der Waals surface area contributed by atoms with E-state index in [1.54, 1.807) is 39.0 Å². The molecule has 0 unspecified atom stereocenters. The molecule has 116 valence electrons. The van der Waals surface area contributed by atoms with Gasteiger partial charge < -0.3 is 15.2 Å². The third-order valence-corrected chi connectivity index (χ3v) is 3.30. The highest BCUT2D eigenvalue weighted by atomic mass is 35.5. The zero-order valence-electron chi connectivity index (χ0n) is 11.9. The van der Waals surface area contributed by atoms with Crippen molar-refractivity contribution in [1.29, 1.82) is 0 Å². The van der Waals surface area contributed by atoms with Crippen LogP contribution in [0.5, 0.6) is 0 Å². The van der Waals surface area contributed by atoms with Crippen LogP contribution in [0.4, 0.5) is 4.79 Å². The van der Waals surface area contributed by atoms with Gasteiger partial charge in [-0.25, -0.2) is 9.59 Å². The van der Waals surface area contributed by atoms with Crippen LogP contribution in [0.1, 0.15) is 26.3 Å². The van der Waals surface area contributed by atoms with Crippen LogP contribution in [-0.4, -0.2) is 28.8 Å². The van der Waals surface area contributed by atoms with Crippen LogP contribution in [0.3, 0.4) is 0 Å². The van der Waals surface area contributed by atoms with Gasteiger partial charge in [0.1, 0.15) is 11.6 Å². The lowest BCUT2D eigenvalue weighted by atomic mass is 10.1. The molecule has 1 amide bonds. The number of aliphatic carboxylic acids is 1. The smallest absolute Gasteiger partial charge is 0.408 e. The van der Waals surface area contributed by atoms with Crippen molar-refractivity contribution in [2.24, 2.45) is 0 Å². The zero-order chi connectivity index (χ0) is 16.2. The van der Waals surface area contributed by atoms with Crippen LogP contribution < -0.4 is 5.32 Å². The van der Waals surface area contributed by atoms with Gasteiger partial charge in [-0.05, 0) is 32.4 Å². The van der Waals surface area contributed by atoms with Gasteiger partial charge in [0.05, 0.1) is 10.0 Å². The second-order valence-electron chi connectivity index (χ2n) is 5.45. The Labute approximate surface area is 133 Å². The van der Waals surface area contributed by atoms with E-state index in [1.807, 2.05) is 0 Å². The quantitative estimate of drug-likeness (QED) is 0.883. The minimum Gasteiger partial charge on any atom is -0.480 e. The topological polar surface area (TPSA) is 75.6 Å². The largest absolute Gasteiger partial charge is 0.480 e. The number of carbonyl (C=O) groups excluding carboxylic acids is 1. The van der Waals surface area contributed by atoms with Gasteiger partial charge in [-0.15, -0.1) is 0 Å². The first kappa shape index (κ1) is 17.6. The van der Waals surface area contributed by atoms with Crippen molar-refractivity contribution in [3.05, 3.63) is 33.8 Å². The molecular weight excluding hydrogens is 317 g/mol. The first-order valence-corrected chi connectivity index (χ1v) is 7.01. The highest BCUT2D eigenvalue weighted by Crippen LogP contribution is 2.26. The van der Waals surface area contributed by atoms with Crippen LogP contribution >= 0.6 is 23.2 Å². The maximum Gasteiger partial charge on any atom is 0.408 e. The average molecular weight is 334 g/mol. The van der Waals surface area contributed by atoms with E-state index in [0.717, 1.165) is 0 Å². The molecule has 2 N–H and O–H groups in total. The van der Waals surface area contributed by atoms with Crippen molar-refractivity contribution in [2.45, 2.75) is 38.8 Å². The lowest BCUT2D eigenvalue weighted by Gasteiger charge is -2.22. The molecule has 0 saturated heterocycles. The van der Waals surface area contributed by atoms with Crippen LogP contribution in [0.15, 0.2) is 18.2 Å². The molecule has 0 heterocycles. The number of hydrogen-bond donors (Lipinski definition) is 2. The Morgan fingerprint density at radius 2 is 1.95 bits per heavy atom. The van der Waals surface area contributed by atoms with Gasteiger partial charge in [0.15, 0.2) is 0 Å². The number of carboxylic acid groups (broad SMARTS) is 1. The van der Waals surface area contributed by atoms with Gasteiger partial charge in [0.2, 0.25) is 0 Å². The van der Waals surface area contributed by atoms with Crippen LogP contribution in [0, 0.1) is 0 Å². The fraction of sp³-hybridized carbons (Fsp3) is 0.429. The molecule has 1 rings (SSSR count). The molecule has 0 aromatic heterocycles. The van der Waals surface area contributed by atoms with E-state index in [1.165, 1.54) is 0 Å². The summed E-state index contributed by atoms with van der Waals surface area (Å²) in [5.74, 6) is -1.18. The van der Waals surface area contributed by atoms with Crippen LogP contribution in [0.25, 0.3) is 0 Å². The second kappa shape index (κ2) is 7.00. The Balaban J connectivity index is 2.82. The Kier molecular flexibility index (Phi) is 5.87. The Morgan fingerprint density at radius 3 is 2.48 bits per heavy atom. The average Bonchev–Trinajstić information content (AvgIpc) is 2.31. The molecule has 7 heteroatoms. The lowest BCUT2D eigenvalue weighted by Crippen LogP contribution is -2.44. The molecule has 1 aromatic carbocycles. The van der Waals surface area contributed by atoms with Crippen molar-refractivity contribution >= 4 is 35.3 Å². The summed E-state index contributed by atoms with van der Waals surface area (Å²) in [6.07, 6.45) is -0.790. The van der Waals surface area contributed by atoms with Crippen molar-refractivity contribution in [3.8, 4) is 0 Å². The second-order valence-corrected chi connectivity index (χ2v) is 6.24. The van der Waals surface area contributed by atoms with Crippen molar-refractivity contribution in [1.82, 2.24) is 5.32 Å². The third-order valence-electron chi connectivity index (χ3n) is 2.44. The molecule has 0 aliphatic rings. The van der Waals surface area contributed by atoms with E-state index in [9.17, 15) is 14.7 Å². The molecule has 5 nitrogen and oxygen atoms in total. The minimum atomic E-state index is -1.18. The summed E-state index contributed by atoms with van der Waals surface area (Å²) in [6, 6.07) is 3.76. The molecule has 1 atom stereocenters. The van der Waals surface area contributed by atoms with Crippen LogP contribution in [0.2, 0.25) is 10.0 Å². The summed E-state index contributed by atoms with van der Waals surface area (Å²) in [5, 5.41) is 12.1. The van der Waals surface area contributed by atoms with E-state index in [0.29, 0.717) is 10.6 Å². The van der Waals surface area contributed by atoms with E-state index < -0.39 is 23.7 Å². The monoisotopic (exact) mass is 333 g/mol. The van der Waals surface area contributed by atoms with Gasteiger partial charge in [0, 0.05) is 6.42 Å². The third kappa shape index (κ3) is 5.81. The lowest BCUT2D eigenvalue weighted by molar-refractivity contribution is -0.139. The first-order chi connectivity index (χ1) is 9.60. The number of amides is 1. The highest BCUT2D eigenvalue weighted by molar-refractivity contribution is 6.42. The number of hydrogen-bond acceptors (Lipinski definition) is 3. The first-order valence-electron chi connectivity index (χ1n) is 6.25. The summed E-state index contributed by atoms with van der Waals surface area (Å²) in [7, 11) is 0. The molecule has 0 aliphatic heterocycles. The molecule has 0 spiro atoms. The number of ether oxygens (including phenoxy) is 1. The number of carbonyl (C=O) groups is 2. The predicted molar refractivity (Wildman–Crippen MR) is 81.0 cm³/mol. The maximum absolute atomic E-state index is 11.7. The van der Waals surface area contributed by atoms with Gasteiger partial charge in [-0.1, -0.05) is 35.3 Å². The molecule has 0 aliphatic carbocycles. The molecule has 0 radical (unpaired) electrons. The molecule has 0 saturated carbocycles. The number of benzene rings is 1. The summed E-state index contributed by atoms with van der Waals surface area (Å²) in [6.45, 7) is 5.07. The molecule has 1 aromatic rings. The number of nitrogens with one attached hydrogen (secondary N) is 1. The Bertz CT molecular complexity index is 540. The fourth-order valence-electron chi connectivity index (χ4n) is 1.58. The maximum atomic E-state index is 11.7. The summed E-state index contributed by atoms with van der Waals surface area (Å²) >= 11 is 11.9. The zero-order valence-corrected chi connectivity index (χ0v) is 13.5. The molecule has 0 bridgehead atoms. The van der Waals surface area contributed by atoms with Crippen molar-refractivity contribution < 1.29 is 19.4 Å². The van der Waals surface area contributed by atoms with Crippen molar-refractivity contribution in [3.63, 3.8) is 0 Å². The highest BCUT2D eigenvalue weighted by Gasteiger charge is 2.25. The van der Waals surface area contributed by atoms with E-state index in [2.05, 4.69) is 5.32 Å². The number of carboxylic acids is 1. The Morgan fingerprint density at radius 1 is 1.33 bits per heavy atom. The van der Waals surface area contributed by atoms with Gasteiger partial charge in [-0.2, -0.15) is 0 Å². The van der Waals surface area contributed by atoms with E-state index >= 15 is 0 Å². The number of halogens is 2. The molecule has 0 fully saturated rings. The fourth-order valence-corrected chi connectivity index (χ4v) is 1.97. The molecule has 21 heavy (non-hydrogen) atoms. The van der Waals surface area contributed by atoms with E-state index in [4.69, 9.17) is 27.9 Å². The van der Waals surface area contributed by atoms with E-state index in [-0.39, 0.29) is 11.4 Å². The van der Waals surface area contributed by atoms with Crippen LogP contribution in [-0.2, 0) is 16.0 Å². The summed E-state index contributed by atoms with van der Waals surface area (Å²) < 4.78 is 5.04. The summed E-state index contributed by atoms with van der Waals surface area (Å²) in [5.41, 5.74) is -0.173. The normalized spacial score (nSPS) is 12.6. The number of alkyl carbamates (subject to hydrolysis) is 1. The SMILES string of the molecule is CC(C)(C)OC(=O)N[C@H](Cc1cccc(Cl)c1Cl)C(=O)O. The van der Waals surface area contributed by atoms with Gasteiger partial charge in [-0.3, -0.25) is 0 Å². The number of rotatable bonds is 4. The Hall–Kier alpha value is -1.46. The predicted octanol–water partition coefficient (Wildman–Crippen LogP) is 3.51. The molecular formula is C14H17Cl2NO4. The van der Waals surface area contributed by atoms with Gasteiger partial charge in [0.25, 0.3) is 0 Å². The van der Waals surface area contributed by atoms with Crippen molar-refractivity contribution in [2.75, 3.05) is 0 Å². The summed E-state index contributed by atoms with van der Waals surface area (Å²) in [4.78, 5) is 22.9. The standard InChI is InChI=1S/C14H17Cl2NO4/c1-14(2,3)21-13(20)17-10(12(18)19)7-8-5-4-6-9(15)11(8)16/h4-6,10H,7H2,1-3H3,(H,17,20)(H,18,19)/t10-/m1/s1. The van der Waals surface area contributed by atoms with Gasteiger partial charge >= 0.3 is 12.1 Å².